The molecule has 0 bridgehead atoms. The third-order valence-corrected chi connectivity index (χ3v) is 2.99. The molecule has 2 rings (SSSR count). The number of pyridine rings is 1. The van der Waals surface area contributed by atoms with E-state index < -0.39 is 0 Å². The Hall–Kier alpha value is -1.29. The van der Waals surface area contributed by atoms with E-state index in [1.807, 2.05) is 19.2 Å². The number of hydrogen-bond acceptors (Lipinski definition) is 4. The molecule has 4 heteroatoms. The molecule has 0 amide bonds. The highest BCUT2D eigenvalue weighted by Gasteiger charge is 2.29. The number of nitrogens with zero attached hydrogens (tertiary/aromatic N) is 1. The minimum Gasteiger partial charge on any atom is -0.382 e. The van der Waals surface area contributed by atoms with Crippen LogP contribution in [0, 0.1) is 0 Å². The van der Waals surface area contributed by atoms with E-state index in [9.17, 15) is 0 Å². The highest BCUT2D eigenvalue weighted by molar-refractivity contribution is 5.52. The topological polar surface area (TPSA) is 46.2 Å². The van der Waals surface area contributed by atoms with Crippen molar-refractivity contribution in [3.63, 3.8) is 0 Å². The number of anilines is 2. The van der Waals surface area contributed by atoms with Crippen molar-refractivity contribution in [1.29, 1.82) is 0 Å². The predicted molar refractivity (Wildman–Crippen MR) is 70.5 cm³/mol. The summed E-state index contributed by atoms with van der Waals surface area (Å²) >= 11 is 0. The molecule has 1 aromatic rings. The highest BCUT2D eigenvalue weighted by Crippen LogP contribution is 2.27. The Bertz CT molecular complexity index is 350. The molecule has 0 unspecified atom stereocenters. The summed E-state index contributed by atoms with van der Waals surface area (Å²) < 4.78 is 5.54. The number of rotatable bonds is 6. The summed E-state index contributed by atoms with van der Waals surface area (Å²) in [7, 11) is 0. The van der Waals surface area contributed by atoms with E-state index >= 15 is 0 Å². The fourth-order valence-corrected chi connectivity index (χ4v) is 2.09. The zero-order valence-electron chi connectivity index (χ0n) is 10.6. The van der Waals surface area contributed by atoms with Gasteiger partial charge in [0.15, 0.2) is 0 Å². The molecular formula is C13H21N3O. The fourth-order valence-electron chi connectivity index (χ4n) is 2.09. The fraction of sp³-hybridized carbons (Fsp3) is 0.615. The molecule has 1 heterocycles. The van der Waals surface area contributed by atoms with Crippen LogP contribution in [0.2, 0.25) is 0 Å². The van der Waals surface area contributed by atoms with Crippen LogP contribution in [0.5, 0.6) is 0 Å². The number of ether oxygens (including phenoxy) is 1. The molecular weight excluding hydrogens is 214 g/mol. The lowest BCUT2D eigenvalue weighted by atomic mass is 9.89. The Balaban J connectivity index is 1.81. The van der Waals surface area contributed by atoms with Crippen LogP contribution in [0.25, 0.3) is 0 Å². The second-order valence-electron chi connectivity index (χ2n) is 4.35. The Labute approximate surface area is 103 Å². The van der Waals surface area contributed by atoms with Gasteiger partial charge in [-0.3, -0.25) is 0 Å². The molecule has 0 aromatic carbocycles. The molecule has 0 radical (unpaired) electrons. The third kappa shape index (κ3) is 3.33. The van der Waals surface area contributed by atoms with Gasteiger partial charge in [0, 0.05) is 37.1 Å². The first-order valence-corrected chi connectivity index (χ1v) is 6.39. The van der Waals surface area contributed by atoms with E-state index in [0.29, 0.717) is 12.1 Å². The molecule has 1 aliphatic carbocycles. The van der Waals surface area contributed by atoms with Gasteiger partial charge >= 0.3 is 0 Å². The molecule has 0 saturated heterocycles. The van der Waals surface area contributed by atoms with E-state index in [-0.39, 0.29) is 0 Å². The first-order valence-electron chi connectivity index (χ1n) is 6.39. The van der Waals surface area contributed by atoms with Gasteiger partial charge in [-0.2, -0.15) is 0 Å². The van der Waals surface area contributed by atoms with Gasteiger partial charge in [0.05, 0.1) is 6.10 Å². The van der Waals surface area contributed by atoms with Gasteiger partial charge in [-0.1, -0.05) is 0 Å². The molecule has 2 N–H and O–H groups in total. The highest BCUT2D eigenvalue weighted by atomic mass is 16.5. The summed E-state index contributed by atoms with van der Waals surface area (Å²) in [4.78, 5) is 4.25. The van der Waals surface area contributed by atoms with Gasteiger partial charge in [0.25, 0.3) is 0 Å². The van der Waals surface area contributed by atoms with Gasteiger partial charge in [-0.05, 0) is 32.8 Å². The molecule has 0 spiro atoms. The van der Waals surface area contributed by atoms with Crippen molar-refractivity contribution < 1.29 is 4.74 Å². The molecule has 17 heavy (non-hydrogen) atoms. The van der Waals surface area contributed by atoms with Crippen molar-refractivity contribution in [2.24, 2.45) is 0 Å². The van der Waals surface area contributed by atoms with Crippen molar-refractivity contribution in [3.05, 3.63) is 18.3 Å². The number of nitrogens with one attached hydrogen (secondary N) is 2. The van der Waals surface area contributed by atoms with Crippen LogP contribution in [0.15, 0.2) is 18.3 Å². The molecule has 4 nitrogen and oxygen atoms in total. The van der Waals surface area contributed by atoms with Crippen LogP contribution < -0.4 is 10.6 Å². The average Bonchev–Trinajstić information content (AvgIpc) is 2.27. The maximum absolute atomic E-state index is 5.54. The predicted octanol–water partition coefficient (Wildman–Crippen LogP) is 2.49. The lowest BCUT2D eigenvalue weighted by Crippen LogP contribution is -2.40. The van der Waals surface area contributed by atoms with Gasteiger partial charge in [0.1, 0.15) is 5.82 Å². The van der Waals surface area contributed by atoms with Gasteiger partial charge in [-0.15, -0.1) is 0 Å². The standard InChI is InChI=1S/C13H21N3O/c1-3-14-13-9-10(5-6-15-13)16-11-7-12(8-11)17-4-2/h5-6,9,11-12H,3-4,7-8H2,1-2H3,(H2,14,15,16). The first kappa shape index (κ1) is 12.2. The summed E-state index contributed by atoms with van der Waals surface area (Å²) in [6, 6.07) is 4.61. The van der Waals surface area contributed by atoms with Crippen molar-refractivity contribution >= 4 is 11.5 Å². The summed E-state index contributed by atoms with van der Waals surface area (Å²) in [6.07, 6.45) is 4.49. The molecule has 0 atom stereocenters. The van der Waals surface area contributed by atoms with Crippen molar-refractivity contribution in [3.8, 4) is 0 Å². The Morgan fingerprint density at radius 1 is 1.41 bits per heavy atom. The van der Waals surface area contributed by atoms with Gasteiger partial charge in [0.2, 0.25) is 0 Å². The average molecular weight is 235 g/mol. The summed E-state index contributed by atoms with van der Waals surface area (Å²) in [5.41, 5.74) is 1.14. The normalized spacial score (nSPS) is 22.9. The van der Waals surface area contributed by atoms with Crippen LogP contribution in [0.1, 0.15) is 26.7 Å². The molecule has 1 aromatic heterocycles. The molecule has 1 aliphatic rings. The minimum atomic E-state index is 0.451. The Kier molecular flexibility index (Phi) is 4.20. The van der Waals surface area contributed by atoms with Crippen molar-refractivity contribution in [1.82, 2.24) is 4.98 Å². The van der Waals surface area contributed by atoms with Gasteiger partial charge < -0.3 is 15.4 Å². The minimum absolute atomic E-state index is 0.451. The molecule has 1 saturated carbocycles. The maximum atomic E-state index is 5.54. The van der Waals surface area contributed by atoms with E-state index in [1.165, 1.54) is 0 Å². The Morgan fingerprint density at radius 2 is 2.24 bits per heavy atom. The van der Waals surface area contributed by atoms with Crippen LogP contribution in [0.3, 0.4) is 0 Å². The lowest BCUT2D eigenvalue weighted by Gasteiger charge is -2.36. The van der Waals surface area contributed by atoms with E-state index in [0.717, 1.165) is 37.5 Å². The zero-order valence-corrected chi connectivity index (χ0v) is 10.6. The zero-order chi connectivity index (χ0) is 12.1. The second kappa shape index (κ2) is 5.87. The second-order valence-corrected chi connectivity index (χ2v) is 4.35. The summed E-state index contributed by atoms with van der Waals surface area (Å²) in [5, 5.41) is 6.72. The summed E-state index contributed by atoms with van der Waals surface area (Å²) in [5.74, 6) is 0.929. The SMILES string of the molecule is CCNc1cc(NC2CC(OCC)C2)ccn1. The quantitative estimate of drug-likeness (QED) is 0.795. The van der Waals surface area contributed by atoms with E-state index in [4.69, 9.17) is 4.74 Å². The van der Waals surface area contributed by atoms with Gasteiger partial charge in [-0.25, -0.2) is 4.98 Å². The lowest BCUT2D eigenvalue weighted by molar-refractivity contribution is 0.00299. The molecule has 94 valence electrons. The third-order valence-electron chi connectivity index (χ3n) is 2.99. The maximum Gasteiger partial charge on any atom is 0.127 e. The van der Waals surface area contributed by atoms with Crippen LogP contribution in [0.4, 0.5) is 11.5 Å². The van der Waals surface area contributed by atoms with E-state index in [1.54, 1.807) is 0 Å². The van der Waals surface area contributed by atoms with Crippen LogP contribution in [-0.4, -0.2) is 30.3 Å². The monoisotopic (exact) mass is 235 g/mol. The first-order chi connectivity index (χ1) is 8.31. The Morgan fingerprint density at radius 3 is 2.94 bits per heavy atom. The van der Waals surface area contributed by atoms with E-state index in [2.05, 4.69) is 28.6 Å². The molecule has 1 fully saturated rings. The molecule has 0 aliphatic heterocycles. The van der Waals surface area contributed by atoms with Crippen molar-refractivity contribution in [2.75, 3.05) is 23.8 Å². The number of hydrogen-bond donors (Lipinski definition) is 2. The smallest absolute Gasteiger partial charge is 0.127 e. The van der Waals surface area contributed by atoms with Crippen molar-refractivity contribution in [2.45, 2.75) is 38.8 Å². The van der Waals surface area contributed by atoms with Crippen LogP contribution >= 0.6 is 0 Å². The largest absolute Gasteiger partial charge is 0.382 e. The number of aromatic nitrogens is 1. The summed E-state index contributed by atoms with van der Waals surface area (Å²) in [6.45, 7) is 5.83. The van der Waals surface area contributed by atoms with Crippen LogP contribution in [-0.2, 0) is 4.74 Å².